The first-order chi connectivity index (χ1) is 22.8. The van der Waals surface area contributed by atoms with Crippen LogP contribution in [0.25, 0.3) is 0 Å². The molecule has 16 heteroatoms. The van der Waals surface area contributed by atoms with Gasteiger partial charge in [-0.3, -0.25) is 22.1 Å². The fraction of sp³-hybridized carbons (Fsp3) is 0.938. The Morgan fingerprint density at radius 2 is 0.875 bits per heavy atom. The van der Waals surface area contributed by atoms with Crippen LogP contribution in [0.1, 0.15) is 91.4 Å². The lowest BCUT2D eigenvalue weighted by atomic mass is 9.67. The lowest BCUT2D eigenvalue weighted by molar-refractivity contribution is -0.120. The van der Waals surface area contributed by atoms with Crippen LogP contribution in [0.4, 0.5) is 0 Å². The number of unbranched alkanes of at least 4 members (excludes halogenated alkanes) is 1. The summed E-state index contributed by atoms with van der Waals surface area (Å²) in [5, 5.41) is 6.32. The number of nitrogens with one attached hydrogen (secondary N) is 2. The fourth-order valence-corrected chi connectivity index (χ4v) is 11.4. The maximum absolute atomic E-state index is 12.4. The fourth-order valence-electron chi connectivity index (χ4n) is 6.54. The van der Waals surface area contributed by atoms with E-state index in [-0.39, 0.29) is 22.6 Å². The minimum absolute atomic E-state index is 0.0500. The summed E-state index contributed by atoms with van der Waals surface area (Å²) >= 11 is 0. The summed E-state index contributed by atoms with van der Waals surface area (Å²) in [7, 11) is 6.89. The Labute approximate surface area is 296 Å². The maximum Gasteiger partial charge on any atom is 0.500 e. The molecule has 0 saturated heterocycles. The highest BCUT2D eigenvalue weighted by atomic mass is 32.3. The Hall–Kier alpha value is -0.636. The maximum atomic E-state index is 12.4. The van der Waals surface area contributed by atoms with Gasteiger partial charge in [-0.1, -0.05) is 19.8 Å². The molecule has 0 aromatic rings. The van der Waals surface area contributed by atoms with Gasteiger partial charge in [0.2, 0.25) is 11.8 Å². The Morgan fingerprint density at radius 3 is 1.17 bits per heavy atom. The van der Waals surface area contributed by atoms with E-state index in [0.29, 0.717) is 30.9 Å². The molecule has 48 heavy (non-hydrogen) atoms. The minimum Gasteiger partial charge on any atom is -0.377 e. The summed E-state index contributed by atoms with van der Waals surface area (Å²) in [4.78, 5) is 24.7. The van der Waals surface area contributed by atoms with Gasteiger partial charge < -0.3 is 37.2 Å². The molecule has 2 N–H and O–H groups in total. The number of rotatable bonds is 31. The molecule has 2 amide bonds. The molecule has 0 spiro atoms. The highest BCUT2D eigenvalue weighted by molar-refractivity contribution is 8.21. The van der Waals surface area contributed by atoms with Crippen LogP contribution < -0.4 is 10.6 Å². The van der Waals surface area contributed by atoms with Gasteiger partial charge in [0.25, 0.3) is 0 Å². The number of carbonyl (C=O) groups excluding carboxylic acids is 2. The minimum atomic E-state index is -2.81. The zero-order valence-corrected chi connectivity index (χ0v) is 35.0. The van der Waals surface area contributed by atoms with Crippen molar-refractivity contribution in [2.45, 2.75) is 103 Å². The van der Waals surface area contributed by atoms with Gasteiger partial charge in [0, 0.05) is 87.4 Å². The molecule has 0 aliphatic carbocycles. The van der Waals surface area contributed by atoms with Crippen LogP contribution in [0.3, 0.4) is 0 Å². The van der Waals surface area contributed by atoms with Crippen molar-refractivity contribution in [1.82, 2.24) is 10.6 Å². The lowest BCUT2D eigenvalue weighted by Crippen LogP contribution is -2.45. The Bertz CT molecular complexity index is 830. The zero-order chi connectivity index (χ0) is 36.7. The normalized spacial score (nSPS) is 14.5. The SMILES string of the molecule is CCCCC(CCCS(OC)(OC)OC)(CCC(CCC[Si](OC)(OC)OC)(CCC[Si](OC)(OC)OC)CNC(C)=O)CNC(C)=O. The third-order valence-electron chi connectivity index (χ3n) is 9.78. The number of hydrogen-bond acceptors (Lipinski definition) is 11. The van der Waals surface area contributed by atoms with Crippen molar-refractivity contribution in [3.05, 3.63) is 0 Å². The van der Waals surface area contributed by atoms with Crippen LogP contribution in [0, 0.1) is 10.8 Å². The van der Waals surface area contributed by atoms with E-state index in [1.54, 1.807) is 77.8 Å². The van der Waals surface area contributed by atoms with Crippen molar-refractivity contribution >= 4 is 40.3 Å². The Kier molecular flexibility index (Phi) is 24.2. The summed E-state index contributed by atoms with van der Waals surface area (Å²) in [6, 6.07) is 1.29. The van der Waals surface area contributed by atoms with Crippen LogP contribution in [0.15, 0.2) is 0 Å². The largest absolute Gasteiger partial charge is 0.500 e. The molecule has 0 aliphatic heterocycles. The molecule has 0 aromatic carbocycles. The first-order valence-corrected chi connectivity index (χ1v) is 22.5. The molecule has 0 fully saturated rings. The summed E-state index contributed by atoms with van der Waals surface area (Å²) in [6.45, 7) is 6.39. The van der Waals surface area contributed by atoms with E-state index in [2.05, 4.69) is 17.6 Å². The predicted octanol–water partition coefficient (Wildman–Crippen LogP) is 5.79. The zero-order valence-electron chi connectivity index (χ0n) is 32.2. The van der Waals surface area contributed by atoms with E-state index in [1.165, 1.54) is 0 Å². The average Bonchev–Trinajstić information content (AvgIpc) is 3.10. The van der Waals surface area contributed by atoms with E-state index in [0.717, 1.165) is 70.6 Å². The van der Waals surface area contributed by atoms with Gasteiger partial charge in [-0.15, -0.1) is 0 Å². The summed E-state index contributed by atoms with van der Waals surface area (Å²) in [6.07, 6.45) is 9.57. The van der Waals surface area contributed by atoms with E-state index in [1.807, 2.05) is 0 Å². The first kappa shape index (κ1) is 47.4. The van der Waals surface area contributed by atoms with Gasteiger partial charge in [0.15, 0.2) is 0 Å². The van der Waals surface area contributed by atoms with Crippen LogP contribution >= 0.6 is 10.9 Å². The van der Waals surface area contributed by atoms with Crippen molar-refractivity contribution in [1.29, 1.82) is 0 Å². The molecule has 0 aliphatic rings. The van der Waals surface area contributed by atoms with Gasteiger partial charge in [-0.05, 0) is 68.6 Å². The number of hydrogen-bond donors (Lipinski definition) is 2. The molecule has 0 saturated carbocycles. The van der Waals surface area contributed by atoms with Crippen molar-refractivity contribution < 1.29 is 48.7 Å². The molecule has 288 valence electrons. The molecular weight excluding hydrogens is 677 g/mol. The first-order valence-electron chi connectivity index (χ1n) is 17.0. The van der Waals surface area contributed by atoms with Gasteiger partial charge in [-0.25, -0.2) is 0 Å². The molecule has 1 unspecified atom stereocenters. The van der Waals surface area contributed by atoms with E-state index < -0.39 is 28.5 Å². The monoisotopic (exact) mass is 746 g/mol. The summed E-state index contributed by atoms with van der Waals surface area (Å²) < 4.78 is 51.5. The van der Waals surface area contributed by atoms with Crippen molar-refractivity contribution in [2.75, 3.05) is 82.8 Å². The average molecular weight is 747 g/mol. The van der Waals surface area contributed by atoms with Gasteiger partial charge >= 0.3 is 17.6 Å². The molecule has 0 aromatic heterocycles. The lowest BCUT2D eigenvalue weighted by Gasteiger charge is -2.42. The number of amides is 2. The summed E-state index contributed by atoms with van der Waals surface area (Å²) in [5.74, 6) is 0.500. The summed E-state index contributed by atoms with van der Waals surface area (Å²) in [5.41, 5.74) is -0.456. The topological polar surface area (TPSA) is 141 Å². The second kappa shape index (κ2) is 24.5. The molecular formula is C32H70N2O11SSi2. The Balaban J connectivity index is 6.70. The second-order valence-electron chi connectivity index (χ2n) is 12.6. The van der Waals surface area contributed by atoms with Crippen LogP contribution in [0.5, 0.6) is 0 Å². The smallest absolute Gasteiger partial charge is 0.377 e. The van der Waals surface area contributed by atoms with Crippen LogP contribution in [0.2, 0.25) is 12.1 Å². The van der Waals surface area contributed by atoms with E-state index >= 15 is 0 Å². The van der Waals surface area contributed by atoms with Gasteiger partial charge in [-0.2, -0.15) is 0 Å². The molecule has 0 rings (SSSR count). The van der Waals surface area contributed by atoms with Gasteiger partial charge in [0.05, 0.1) is 32.2 Å². The molecule has 0 radical (unpaired) electrons. The molecule has 0 bridgehead atoms. The molecule has 13 nitrogen and oxygen atoms in total. The highest BCUT2D eigenvalue weighted by Crippen LogP contribution is 2.51. The second-order valence-corrected chi connectivity index (χ2v) is 21.3. The standard InChI is InChI=1S/C32H70N2O11SSi2/c1-13-14-18-31(27-33-29(2)35,19-15-24-46(37-4,38-5)39-6)22-23-32(28-34-30(3)36,20-16-25-47(40-7,41-8)42-9)21-17-26-48(43-10,44-11)45-12/h13-28H2,1-12H3,(H,33,35)(H,34,36). The highest BCUT2D eigenvalue weighted by Gasteiger charge is 2.42. The third kappa shape index (κ3) is 16.1. The molecule has 1 atom stereocenters. The quantitative estimate of drug-likeness (QED) is 0.0834. The predicted molar refractivity (Wildman–Crippen MR) is 195 cm³/mol. The Morgan fingerprint density at radius 1 is 0.542 bits per heavy atom. The number of carbonyl (C=O) groups is 2. The van der Waals surface area contributed by atoms with Crippen LogP contribution in [-0.2, 0) is 48.7 Å². The van der Waals surface area contributed by atoms with Crippen molar-refractivity contribution in [2.24, 2.45) is 10.8 Å². The van der Waals surface area contributed by atoms with Crippen LogP contribution in [-0.4, -0.2) is 112 Å². The third-order valence-corrected chi connectivity index (χ3v) is 17.8. The van der Waals surface area contributed by atoms with Crippen molar-refractivity contribution in [3.63, 3.8) is 0 Å². The van der Waals surface area contributed by atoms with E-state index in [4.69, 9.17) is 39.1 Å². The van der Waals surface area contributed by atoms with Gasteiger partial charge in [0.1, 0.15) is 0 Å². The molecule has 0 heterocycles. The van der Waals surface area contributed by atoms with E-state index in [9.17, 15) is 9.59 Å². The van der Waals surface area contributed by atoms with Crippen molar-refractivity contribution in [3.8, 4) is 0 Å².